The lowest BCUT2D eigenvalue weighted by atomic mass is 10.3. The fourth-order valence-corrected chi connectivity index (χ4v) is 4.58. The van der Waals surface area contributed by atoms with E-state index in [1.54, 1.807) is 16.1 Å². The van der Waals surface area contributed by atoms with Gasteiger partial charge in [-0.1, -0.05) is 6.07 Å². The molecule has 11 heteroatoms. The molecule has 0 atom stereocenters. The monoisotopic (exact) mass is 431 g/mol. The molecule has 0 saturated carbocycles. The molecule has 3 rings (SSSR count). The lowest BCUT2D eigenvalue weighted by molar-refractivity contribution is 0.253. The molecular weight excluding hydrogens is 418 g/mol. The van der Waals surface area contributed by atoms with Crippen LogP contribution >= 0.6 is 22.7 Å². The molecule has 4 N–H and O–H groups in total. The molecule has 0 fully saturated rings. The molecule has 0 radical (unpaired) electrons. The summed E-state index contributed by atoms with van der Waals surface area (Å²) in [7, 11) is -4.00. The third kappa shape index (κ3) is 4.55. The van der Waals surface area contributed by atoms with E-state index in [4.69, 9.17) is 5.73 Å². The molecule has 28 heavy (non-hydrogen) atoms. The van der Waals surface area contributed by atoms with Crippen LogP contribution in [0.25, 0.3) is 16.1 Å². The van der Waals surface area contributed by atoms with Crippen LogP contribution in [0.2, 0.25) is 0 Å². The van der Waals surface area contributed by atoms with E-state index in [0.717, 1.165) is 10.6 Å². The standard InChI is InChI=1S/C17H13N5O3S3/c18-8-11(16-21-14(10-27-16)15-2-1-7-26-15)9-20-12-3-5-13(6-4-12)28(24,25)22-17(19)23/h1-7,9-10,20H,(H3,19,22,23)/b11-9+. The Bertz CT molecular complexity index is 1160. The summed E-state index contributed by atoms with van der Waals surface area (Å²) in [6, 6.07) is 10.5. The molecule has 0 bridgehead atoms. The molecule has 0 spiro atoms. The number of hydrogen-bond donors (Lipinski definition) is 3. The quantitative estimate of drug-likeness (QED) is 0.512. The maximum absolute atomic E-state index is 11.9. The SMILES string of the molecule is N#C/C(=C\Nc1ccc(S(=O)(=O)NC(N)=O)cc1)c1nc(-c2cccs2)cs1. The van der Waals surface area contributed by atoms with Crippen molar-refractivity contribution < 1.29 is 13.2 Å². The van der Waals surface area contributed by atoms with Gasteiger partial charge in [0.1, 0.15) is 16.6 Å². The van der Waals surface area contributed by atoms with Gasteiger partial charge in [0.15, 0.2) is 0 Å². The summed E-state index contributed by atoms with van der Waals surface area (Å²) in [6.07, 6.45) is 1.50. The number of carbonyl (C=O) groups is 1. The second-order valence-electron chi connectivity index (χ2n) is 5.32. The smallest absolute Gasteiger partial charge is 0.326 e. The van der Waals surface area contributed by atoms with Crippen molar-refractivity contribution in [3.05, 3.63) is 58.4 Å². The number of benzene rings is 1. The number of allylic oxidation sites excluding steroid dienone is 1. The molecule has 2 amide bonds. The zero-order chi connectivity index (χ0) is 20.1. The first kappa shape index (κ1) is 19.6. The van der Waals surface area contributed by atoms with Crippen molar-refractivity contribution in [3.63, 3.8) is 0 Å². The lowest BCUT2D eigenvalue weighted by Crippen LogP contribution is -2.34. The van der Waals surface area contributed by atoms with E-state index in [9.17, 15) is 18.5 Å². The third-order valence-electron chi connectivity index (χ3n) is 3.41. The largest absolute Gasteiger partial charge is 0.360 e. The van der Waals surface area contributed by atoms with Gasteiger partial charge in [0.2, 0.25) is 0 Å². The van der Waals surface area contributed by atoms with E-state index < -0.39 is 16.1 Å². The summed E-state index contributed by atoms with van der Waals surface area (Å²) in [5.41, 5.74) is 6.56. The predicted octanol–water partition coefficient (Wildman–Crippen LogP) is 3.21. The first-order valence-corrected chi connectivity index (χ1v) is 10.9. The number of sulfonamides is 1. The topological polar surface area (TPSA) is 138 Å². The van der Waals surface area contributed by atoms with Crippen LogP contribution in [0.15, 0.2) is 58.3 Å². The number of thiophene rings is 1. The molecule has 0 unspecified atom stereocenters. The molecule has 0 aliphatic carbocycles. The normalized spacial score (nSPS) is 11.6. The van der Waals surface area contributed by atoms with Crippen LogP contribution in [0, 0.1) is 11.3 Å². The highest BCUT2D eigenvalue weighted by atomic mass is 32.2. The van der Waals surface area contributed by atoms with Crippen molar-refractivity contribution >= 4 is 50.0 Å². The molecular formula is C17H13N5O3S3. The predicted molar refractivity (Wildman–Crippen MR) is 109 cm³/mol. The highest BCUT2D eigenvalue weighted by Crippen LogP contribution is 2.29. The number of hydrogen-bond acceptors (Lipinski definition) is 8. The Morgan fingerprint density at radius 3 is 2.57 bits per heavy atom. The molecule has 1 aromatic carbocycles. The van der Waals surface area contributed by atoms with Gasteiger partial charge in [0.05, 0.1) is 15.5 Å². The molecule has 0 saturated heterocycles. The first-order valence-electron chi connectivity index (χ1n) is 7.68. The Morgan fingerprint density at radius 2 is 1.96 bits per heavy atom. The van der Waals surface area contributed by atoms with Gasteiger partial charge in [-0.15, -0.1) is 22.7 Å². The van der Waals surface area contributed by atoms with Crippen molar-refractivity contribution in [2.24, 2.45) is 5.73 Å². The summed E-state index contributed by atoms with van der Waals surface area (Å²) < 4.78 is 25.4. The number of nitrogens with zero attached hydrogens (tertiary/aromatic N) is 2. The second-order valence-corrected chi connectivity index (χ2v) is 8.81. The number of aromatic nitrogens is 1. The van der Waals surface area contributed by atoms with Gasteiger partial charge in [-0.05, 0) is 35.7 Å². The number of nitriles is 1. The Labute approximate surface area is 169 Å². The Kier molecular flexibility index (Phi) is 5.74. The van der Waals surface area contributed by atoms with E-state index in [1.807, 2.05) is 22.9 Å². The summed E-state index contributed by atoms with van der Waals surface area (Å²) in [5, 5.41) is 16.8. The Balaban J connectivity index is 1.75. The zero-order valence-electron chi connectivity index (χ0n) is 14.1. The lowest BCUT2D eigenvalue weighted by Gasteiger charge is -2.06. The maximum Gasteiger partial charge on any atom is 0.326 e. The number of rotatable bonds is 6. The molecule has 8 nitrogen and oxygen atoms in total. The molecule has 2 aromatic heterocycles. The van der Waals surface area contributed by atoms with Crippen molar-refractivity contribution in [1.29, 1.82) is 5.26 Å². The maximum atomic E-state index is 11.9. The fraction of sp³-hybridized carbons (Fsp3) is 0. The first-order chi connectivity index (χ1) is 13.4. The molecule has 0 aliphatic rings. The fourth-order valence-electron chi connectivity index (χ4n) is 2.15. The molecule has 142 valence electrons. The van der Waals surface area contributed by atoms with Crippen LogP contribution in [-0.4, -0.2) is 19.4 Å². The molecule has 3 aromatic rings. The van der Waals surface area contributed by atoms with Crippen LogP contribution < -0.4 is 15.8 Å². The third-order valence-corrected chi connectivity index (χ3v) is 6.54. The average Bonchev–Trinajstić information content (AvgIpc) is 3.33. The van der Waals surface area contributed by atoms with Crippen molar-refractivity contribution in [3.8, 4) is 16.6 Å². The number of primary amides is 1. The van der Waals surface area contributed by atoms with Crippen LogP contribution in [0.3, 0.4) is 0 Å². The Morgan fingerprint density at radius 1 is 1.21 bits per heavy atom. The van der Waals surface area contributed by atoms with Gasteiger partial charge in [-0.2, -0.15) is 5.26 Å². The van der Waals surface area contributed by atoms with Gasteiger partial charge in [0.25, 0.3) is 10.0 Å². The van der Waals surface area contributed by atoms with Crippen LogP contribution in [0.1, 0.15) is 5.01 Å². The van der Waals surface area contributed by atoms with E-state index in [1.165, 1.54) is 41.8 Å². The highest BCUT2D eigenvalue weighted by molar-refractivity contribution is 7.90. The number of amides is 2. The van der Waals surface area contributed by atoms with Crippen molar-refractivity contribution in [1.82, 2.24) is 9.71 Å². The number of carbonyl (C=O) groups excluding carboxylic acids is 1. The number of anilines is 1. The number of nitrogens with two attached hydrogens (primary N) is 1. The van der Waals surface area contributed by atoms with E-state index >= 15 is 0 Å². The second kappa shape index (κ2) is 8.22. The van der Waals surface area contributed by atoms with Gasteiger partial charge >= 0.3 is 6.03 Å². The summed E-state index contributed by atoms with van der Waals surface area (Å²) in [6.45, 7) is 0. The van der Waals surface area contributed by atoms with Gasteiger partial charge in [-0.3, -0.25) is 0 Å². The molecule has 0 aliphatic heterocycles. The van der Waals surface area contributed by atoms with E-state index in [0.29, 0.717) is 16.3 Å². The Hall–Kier alpha value is -3.20. The van der Waals surface area contributed by atoms with Crippen LogP contribution in [0.5, 0.6) is 0 Å². The summed E-state index contributed by atoms with van der Waals surface area (Å²) in [5.74, 6) is 0. The highest BCUT2D eigenvalue weighted by Gasteiger charge is 2.15. The summed E-state index contributed by atoms with van der Waals surface area (Å²) >= 11 is 2.93. The number of urea groups is 1. The number of nitrogens with one attached hydrogen (secondary N) is 2. The summed E-state index contributed by atoms with van der Waals surface area (Å²) in [4.78, 5) is 16.1. The number of thiazole rings is 1. The minimum Gasteiger partial charge on any atom is -0.360 e. The van der Waals surface area contributed by atoms with Gasteiger partial charge in [0, 0.05) is 17.3 Å². The van der Waals surface area contributed by atoms with E-state index in [-0.39, 0.29) is 4.90 Å². The van der Waals surface area contributed by atoms with Crippen molar-refractivity contribution in [2.45, 2.75) is 4.90 Å². The molecule has 2 heterocycles. The zero-order valence-corrected chi connectivity index (χ0v) is 16.6. The minimum absolute atomic E-state index is 0.109. The minimum atomic E-state index is -4.00. The van der Waals surface area contributed by atoms with Crippen molar-refractivity contribution in [2.75, 3.05) is 5.32 Å². The van der Waals surface area contributed by atoms with Crippen LogP contribution in [0.4, 0.5) is 10.5 Å². The van der Waals surface area contributed by atoms with E-state index in [2.05, 4.69) is 16.4 Å². The van der Waals surface area contributed by atoms with Gasteiger partial charge < -0.3 is 11.1 Å². The van der Waals surface area contributed by atoms with Crippen LogP contribution in [-0.2, 0) is 10.0 Å². The average molecular weight is 432 g/mol. The van der Waals surface area contributed by atoms with Gasteiger partial charge in [-0.25, -0.2) is 22.9 Å².